The van der Waals surface area contributed by atoms with E-state index in [0.29, 0.717) is 23.2 Å². The Morgan fingerprint density at radius 3 is 2.52 bits per heavy atom. The molecule has 3 fully saturated rings. The Balaban J connectivity index is 0.000000960. The van der Waals surface area contributed by atoms with Gasteiger partial charge in [-0.3, -0.25) is 9.89 Å². The summed E-state index contributed by atoms with van der Waals surface area (Å²) in [5.41, 5.74) is 1.59. The molecule has 1 spiro atoms. The van der Waals surface area contributed by atoms with Crippen molar-refractivity contribution in [2.45, 2.75) is 38.0 Å². The van der Waals surface area contributed by atoms with Gasteiger partial charge in [-0.1, -0.05) is 0 Å². The van der Waals surface area contributed by atoms with Gasteiger partial charge in [-0.25, -0.2) is 0 Å². The highest BCUT2D eigenvalue weighted by Gasteiger charge is 2.58. The van der Waals surface area contributed by atoms with Gasteiger partial charge in [-0.2, -0.15) is 5.10 Å². The lowest BCUT2D eigenvalue weighted by atomic mass is 9.90. The molecule has 4 rings (SSSR count). The summed E-state index contributed by atoms with van der Waals surface area (Å²) in [4.78, 5) is 14.8. The Labute approximate surface area is 149 Å². The minimum atomic E-state index is 0. The lowest BCUT2D eigenvalue weighted by Gasteiger charge is -2.33. The van der Waals surface area contributed by atoms with Crippen LogP contribution in [0.4, 0.5) is 0 Å². The number of halogens is 2. The van der Waals surface area contributed by atoms with E-state index in [1.54, 1.807) is 0 Å². The van der Waals surface area contributed by atoms with Crippen LogP contribution in [0.3, 0.4) is 0 Å². The number of piperidine rings is 2. The van der Waals surface area contributed by atoms with Crippen molar-refractivity contribution < 1.29 is 4.79 Å². The highest BCUT2D eigenvalue weighted by Crippen LogP contribution is 2.59. The van der Waals surface area contributed by atoms with Crippen LogP contribution in [0.25, 0.3) is 0 Å². The van der Waals surface area contributed by atoms with Gasteiger partial charge < -0.3 is 10.2 Å². The highest BCUT2D eigenvalue weighted by atomic mass is 35.5. The third kappa shape index (κ3) is 3.52. The van der Waals surface area contributed by atoms with Crippen molar-refractivity contribution in [3.05, 3.63) is 18.0 Å². The van der Waals surface area contributed by atoms with E-state index in [4.69, 9.17) is 0 Å². The SMILES string of the molecule is Cl.Cl.O=C(C1CC12CCNCC2)N1CCC(c2ccn[nH]2)CC1. The first-order valence-electron chi connectivity index (χ1n) is 8.27. The van der Waals surface area contributed by atoms with E-state index in [0.717, 1.165) is 45.4 Å². The fraction of sp³-hybridized carbons (Fsp3) is 0.750. The molecule has 1 atom stereocenters. The van der Waals surface area contributed by atoms with E-state index in [-0.39, 0.29) is 24.8 Å². The van der Waals surface area contributed by atoms with Gasteiger partial charge in [-0.05, 0) is 56.7 Å². The first-order chi connectivity index (χ1) is 10.3. The van der Waals surface area contributed by atoms with Gasteiger partial charge in [0.15, 0.2) is 0 Å². The average molecular weight is 361 g/mol. The number of amides is 1. The van der Waals surface area contributed by atoms with Gasteiger partial charge in [0.2, 0.25) is 5.91 Å². The zero-order valence-corrected chi connectivity index (χ0v) is 14.9. The van der Waals surface area contributed by atoms with Crippen molar-refractivity contribution in [2.24, 2.45) is 11.3 Å². The molecule has 2 N–H and O–H groups in total. The van der Waals surface area contributed by atoms with Crippen molar-refractivity contribution in [2.75, 3.05) is 26.2 Å². The second kappa shape index (κ2) is 7.41. The van der Waals surface area contributed by atoms with Crippen LogP contribution in [0.15, 0.2) is 12.3 Å². The zero-order chi connectivity index (χ0) is 14.3. The second-order valence-electron chi connectivity index (χ2n) is 6.98. The molecule has 23 heavy (non-hydrogen) atoms. The highest BCUT2D eigenvalue weighted by molar-refractivity contribution is 5.85. The maximum Gasteiger partial charge on any atom is 0.226 e. The van der Waals surface area contributed by atoms with E-state index >= 15 is 0 Å². The third-order valence-corrected chi connectivity index (χ3v) is 5.86. The van der Waals surface area contributed by atoms with Crippen molar-refractivity contribution in [3.63, 3.8) is 0 Å². The van der Waals surface area contributed by atoms with E-state index in [1.165, 1.54) is 18.5 Å². The summed E-state index contributed by atoms with van der Waals surface area (Å²) in [6, 6.07) is 2.06. The van der Waals surface area contributed by atoms with Gasteiger partial charge >= 0.3 is 0 Å². The van der Waals surface area contributed by atoms with E-state index in [2.05, 4.69) is 26.5 Å². The summed E-state index contributed by atoms with van der Waals surface area (Å²) in [5.74, 6) is 1.30. The fourth-order valence-corrected chi connectivity index (χ4v) is 4.30. The molecule has 1 aromatic heterocycles. The molecule has 130 valence electrons. The van der Waals surface area contributed by atoms with Gasteiger partial charge in [0.25, 0.3) is 0 Å². The summed E-state index contributed by atoms with van der Waals surface area (Å²) in [7, 11) is 0. The molecule has 5 nitrogen and oxygen atoms in total. The number of hydrogen-bond donors (Lipinski definition) is 2. The summed E-state index contributed by atoms with van der Waals surface area (Å²) < 4.78 is 0. The predicted molar refractivity (Wildman–Crippen MR) is 94.3 cm³/mol. The van der Waals surface area contributed by atoms with Crippen molar-refractivity contribution in [3.8, 4) is 0 Å². The number of nitrogens with one attached hydrogen (secondary N) is 2. The normalized spacial score (nSPS) is 26.3. The molecule has 7 heteroatoms. The van der Waals surface area contributed by atoms with Crippen LogP contribution in [-0.4, -0.2) is 47.2 Å². The smallest absolute Gasteiger partial charge is 0.226 e. The van der Waals surface area contributed by atoms with Gasteiger partial charge in [0, 0.05) is 36.8 Å². The molecular weight excluding hydrogens is 335 g/mol. The van der Waals surface area contributed by atoms with Crippen LogP contribution in [0, 0.1) is 11.3 Å². The Bertz CT molecular complexity index is 508. The molecule has 3 aliphatic rings. The van der Waals surface area contributed by atoms with Crippen LogP contribution in [0.1, 0.15) is 43.7 Å². The average Bonchev–Trinajstić information content (AvgIpc) is 2.99. The van der Waals surface area contributed by atoms with Crippen LogP contribution in [-0.2, 0) is 4.79 Å². The molecule has 0 bridgehead atoms. The number of likely N-dealkylation sites (tertiary alicyclic amines) is 1. The maximum absolute atomic E-state index is 12.7. The number of aromatic amines is 1. The number of carbonyl (C=O) groups excluding carboxylic acids is 1. The Morgan fingerprint density at radius 1 is 1.22 bits per heavy atom. The van der Waals surface area contributed by atoms with Gasteiger partial charge in [0.05, 0.1) is 0 Å². The second-order valence-corrected chi connectivity index (χ2v) is 6.98. The first kappa shape index (κ1) is 18.6. The molecule has 2 aliphatic heterocycles. The molecule has 0 aromatic carbocycles. The van der Waals surface area contributed by atoms with Crippen molar-refractivity contribution in [1.29, 1.82) is 0 Å². The predicted octanol–water partition coefficient (Wildman–Crippen LogP) is 2.35. The fourth-order valence-electron chi connectivity index (χ4n) is 4.30. The molecule has 1 amide bonds. The standard InChI is InChI=1S/C16H24N4O.2ClH/c21-15(13-11-16(13)4-7-17-8-5-16)20-9-2-12(3-10-20)14-1-6-18-19-14;;/h1,6,12-13,17H,2-5,7-11H2,(H,18,19);2*1H. The molecule has 1 aromatic rings. The lowest BCUT2D eigenvalue weighted by Crippen LogP contribution is -2.40. The minimum Gasteiger partial charge on any atom is -0.342 e. The maximum atomic E-state index is 12.7. The van der Waals surface area contributed by atoms with Crippen molar-refractivity contribution >= 4 is 30.7 Å². The number of carbonyl (C=O) groups is 1. The first-order valence-corrected chi connectivity index (χ1v) is 8.27. The molecule has 1 unspecified atom stereocenters. The van der Waals surface area contributed by atoms with Crippen LogP contribution in [0.2, 0.25) is 0 Å². The largest absolute Gasteiger partial charge is 0.342 e. The number of nitrogens with zero attached hydrogens (tertiary/aromatic N) is 2. The number of hydrogen-bond acceptors (Lipinski definition) is 3. The Hall–Kier alpha value is -0.780. The topological polar surface area (TPSA) is 61.0 Å². The number of rotatable bonds is 2. The van der Waals surface area contributed by atoms with Gasteiger partial charge in [-0.15, -0.1) is 24.8 Å². The molecule has 2 saturated heterocycles. The molecule has 1 aliphatic carbocycles. The zero-order valence-electron chi connectivity index (χ0n) is 13.3. The number of aromatic nitrogens is 2. The molecule has 0 radical (unpaired) electrons. The van der Waals surface area contributed by atoms with E-state index in [9.17, 15) is 4.79 Å². The number of H-pyrrole nitrogens is 1. The molecule has 1 saturated carbocycles. The van der Waals surface area contributed by atoms with Crippen LogP contribution < -0.4 is 5.32 Å². The quantitative estimate of drug-likeness (QED) is 0.850. The summed E-state index contributed by atoms with van der Waals surface area (Å²) in [6.45, 7) is 4.00. The van der Waals surface area contributed by atoms with E-state index < -0.39 is 0 Å². The monoisotopic (exact) mass is 360 g/mol. The van der Waals surface area contributed by atoms with Crippen LogP contribution >= 0.6 is 24.8 Å². The van der Waals surface area contributed by atoms with Gasteiger partial charge in [0.1, 0.15) is 0 Å². The summed E-state index contributed by atoms with van der Waals surface area (Å²) >= 11 is 0. The minimum absolute atomic E-state index is 0. The summed E-state index contributed by atoms with van der Waals surface area (Å²) in [5, 5.41) is 10.5. The van der Waals surface area contributed by atoms with Crippen LogP contribution in [0.5, 0.6) is 0 Å². The molecule has 3 heterocycles. The lowest BCUT2D eigenvalue weighted by molar-refractivity contribution is -0.134. The van der Waals surface area contributed by atoms with Crippen molar-refractivity contribution in [1.82, 2.24) is 20.4 Å². The molecular formula is C16H26Cl2N4O. The third-order valence-electron chi connectivity index (χ3n) is 5.86. The summed E-state index contributed by atoms with van der Waals surface area (Å²) in [6.07, 6.45) is 7.46. The van der Waals surface area contributed by atoms with E-state index in [1.807, 2.05) is 6.20 Å². The Morgan fingerprint density at radius 2 is 1.91 bits per heavy atom. The Kier molecular flexibility index (Phi) is 5.98.